The zero-order valence-electron chi connectivity index (χ0n) is 10.3. The topological polar surface area (TPSA) is 17.1 Å². The molecule has 0 amide bonds. The fraction of sp³-hybridized carbons (Fsp3) is 0.133. The Morgan fingerprint density at radius 3 is 2.30 bits per heavy atom. The van der Waals surface area contributed by atoms with Gasteiger partial charge in [-0.05, 0) is 41.5 Å². The van der Waals surface area contributed by atoms with E-state index in [2.05, 4.69) is 0 Å². The summed E-state index contributed by atoms with van der Waals surface area (Å²) in [5, 5.41) is 0.335. The maximum absolute atomic E-state index is 13.5. The Morgan fingerprint density at radius 1 is 0.900 bits per heavy atom. The lowest BCUT2D eigenvalue weighted by Gasteiger charge is -2.04. The molecule has 0 unspecified atom stereocenters. The molecule has 0 aliphatic rings. The van der Waals surface area contributed by atoms with E-state index in [1.165, 1.54) is 24.3 Å². The second-order valence-electron chi connectivity index (χ2n) is 4.38. The summed E-state index contributed by atoms with van der Waals surface area (Å²) < 4.78 is 39.2. The van der Waals surface area contributed by atoms with Crippen molar-refractivity contribution < 1.29 is 18.0 Å². The lowest BCUT2D eigenvalue weighted by atomic mass is 10.0. The van der Waals surface area contributed by atoms with Crippen LogP contribution < -0.4 is 0 Å². The van der Waals surface area contributed by atoms with Crippen LogP contribution in [0, 0.1) is 17.5 Å². The minimum atomic E-state index is -1.01. The Hall–Kier alpha value is -1.81. The maximum atomic E-state index is 13.5. The van der Waals surface area contributed by atoms with Crippen molar-refractivity contribution in [3.05, 3.63) is 70.0 Å². The number of carbonyl (C=O) groups excluding carboxylic acids is 1. The molecule has 0 spiro atoms. The fourth-order valence-electron chi connectivity index (χ4n) is 1.83. The van der Waals surface area contributed by atoms with Crippen molar-refractivity contribution in [2.75, 3.05) is 0 Å². The first-order valence-electron chi connectivity index (χ1n) is 5.85. The fourth-order valence-corrected chi connectivity index (χ4v) is 2.03. The van der Waals surface area contributed by atoms with Gasteiger partial charge in [0.05, 0.1) is 0 Å². The highest BCUT2D eigenvalue weighted by Crippen LogP contribution is 2.17. The normalized spacial score (nSPS) is 10.6. The van der Waals surface area contributed by atoms with Crippen molar-refractivity contribution in [2.24, 2.45) is 0 Å². The zero-order valence-corrected chi connectivity index (χ0v) is 11.1. The zero-order chi connectivity index (χ0) is 14.7. The van der Waals surface area contributed by atoms with Gasteiger partial charge in [-0.1, -0.05) is 17.7 Å². The van der Waals surface area contributed by atoms with E-state index >= 15 is 0 Å². The van der Waals surface area contributed by atoms with Crippen molar-refractivity contribution in [3.63, 3.8) is 0 Å². The number of ketones is 1. The van der Waals surface area contributed by atoms with Gasteiger partial charge in [0.2, 0.25) is 0 Å². The summed E-state index contributed by atoms with van der Waals surface area (Å²) in [6.07, 6.45) is -0.242. The molecule has 2 aromatic carbocycles. The van der Waals surface area contributed by atoms with Crippen LogP contribution in [0.3, 0.4) is 0 Å². The Kier molecular flexibility index (Phi) is 4.45. The van der Waals surface area contributed by atoms with Crippen LogP contribution in [0.2, 0.25) is 5.02 Å². The molecule has 0 heterocycles. The summed E-state index contributed by atoms with van der Waals surface area (Å²) in [4.78, 5) is 11.8. The molecule has 0 radical (unpaired) electrons. The number of carbonyl (C=O) groups is 1. The molecule has 0 aliphatic heterocycles. The molecule has 0 atom stereocenters. The van der Waals surface area contributed by atoms with Crippen molar-refractivity contribution >= 4 is 17.4 Å². The minimum absolute atomic E-state index is 0.0941. The van der Waals surface area contributed by atoms with Crippen LogP contribution in [0.1, 0.15) is 11.1 Å². The van der Waals surface area contributed by atoms with E-state index in [0.717, 1.165) is 12.1 Å². The molecule has 1 nitrogen and oxygen atoms in total. The lowest BCUT2D eigenvalue weighted by molar-refractivity contribution is -0.117. The number of rotatable bonds is 4. The summed E-state index contributed by atoms with van der Waals surface area (Å²) >= 11 is 5.73. The van der Waals surface area contributed by atoms with Gasteiger partial charge >= 0.3 is 0 Å². The highest BCUT2D eigenvalue weighted by molar-refractivity contribution is 6.30. The van der Waals surface area contributed by atoms with Gasteiger partial charge in [0.25, 0.3) is 0 Å². The van der Waals surface area contributed by atoms with Crippen LogP contribution in [0.15, 0.2) is 36.4 Å². The van der Waals surface area contributed by atoms with Crippen LogP contribution in [0.5, 0.6) is 0 Å². The quantitative estimate of drug-likeness (QED) is 0.830. The van der Waals surface area contributed by atoms with Gasteiger partial charge in [0, 0.05) is 17.9 Å². The van der Waals surface area contributed by atoms with Crippen molar-refractivity contribution in [3.8, 4) is 0 Å². The Labute approximate surface area is 119 Å². The van der Waals surface area contributed by atoms with E-state index in [-0.39, 0.29) is 24.2 Å². The molecule has 20 heavy (non-hydrogen) atoms. The third-order valence-electron chi connectivity index (χ3n) is 2.78. The van der Waals surface area contributed by atoms with E-state index in [4.69, 9.17) is 11.6 Å². The van der Waals surface area contributed by atoms with Crippen LogP contribution in [-0.4, -0.2) is 5.78 Å². The van der Waals surface area contributed by atoms with Crippen LogP contribution in [0.25, 0.3) is 0 Å². The van der Waals surface area contributed by atoms with Crippen molar-refractivity contribution in [2.45, 2.75) is 12.8 Å². The largest absolute Gasteiger partial charge is 0.299 e. The molecule has 0 N–H and O–H groups in total. The van der Waals surface area contributed by atoms with E-state index < -0.39 is 17.5 Å². The molecule has 0 aromatic heterocycles. The average molecular weight is 299 g/mol. The Balaban J connectivity index is 2.09. The second kappa shape index (κ2) is 6.09. The number of hydrogen-bond acceptors (Lipinski definition) is 1. The lowest BCUT2D eigenvalue weighted by Crippen LogP contribution is -2.08. The highest BCUT2D eigenvalue weighted by atomic mass is 35.5. The van der Waals surface area contributed by atoms with E-state index in [9.17, 15) is 18.0 Å². The van der Waals surface area contributed by atoms with E-state index in [1.807, 2.05) is 0 Å². The number of hydrogen-bond donors (Lipinski definition) is 0. The third-order valence-corrected chi connectivity index (χ3v) is 3.02. The smallest absolute Gasteiger partial charge is 0.159 e. The van der Waals surface area contributed by atoms with Crippen molar-refractivity contribution in [1.82, 2.24) is 0 Å². The molecular weight excluding hydrogens is 289 g/mol. The Morgan fingerprint density at radius 2 is 1.60 bits per heavy atom. The molecular formula is C15H10ClF3O. The first-order chi connectivity index (χ1) is 9.45. The predicted molar refractivity (Wildman–Crippen MR) is 70.2 cm³/mol. The molecule has 0 fully saturated rings. The molecule has 0 saturated carbocycles. The van der Waals surface area contributed by atoms with Gasteiger partial charge in [0.1, 0.15) is 11.6 Å². The predicted octanol–water partition coefficient (Wildman–Crippen LogP) is 4.11. The maximum Gasteiger partial charge on any atom is 0.159 e. The van der Waals surface area contributed by atoms with Gasteiger partial charge in [-0.15, -0.1) is 0 Å². The summed E-state index contributed by atoms with van der Waals surface area (Å²) in [6, 6.07) is 7.19. The molecule has 0 aliphatic carbocycles. The van der Waals surface area contributed by atoms with E-state index in [1.54, 1.807) is 0 Å². The van der Waals surface area contributed by atoms with Gasteiger partial charge in [-0.2, -0.15) is 0 Å². The van der Waals surface area contributed by atoms with Crippen LogP contribution >= 0.6 is 11.6 Å². The summed E-state index contributed by atoms with van der Waals surface area (Å²) in [5.41, 5.74) is 0.529. The highest BCUT2D eigenvalue weighted by Gasteiger charge is 2.11. The Bertz CT molecular complexity index is 656. The number of Topliss-reactive ketones (excluding diaryl/α,β-unsaturated/α-hetero) is 1. The molecule has 2 aromatic rings. The average Bonchev–Trinajstić information content (AvgIpc) is 2.38. The molecule has 104 valence electrons. The summed E-state index contributed by atoms with van der Waals surface area (Å²) in [5.74, 6) is -2.81. The first-order valence-corrected chi connectivity index (χ1v) is 6.23. The summed E-state index contributed by atoms with van der Waals surface area (Å²) in [7, 11) is 0. The van der Waals surface area contributed by atoms with E-state index in [0.29, 0.717) is 10.6 Å². The summed E-state index contributed by atoms with van der Waals surface area (Å²) in [6.45, 7) is 0. The number of halogens is 4. The first kappa shape index (κ1) is 14.6. The number of benzene rings is 2. The minimum Gasteiger partial charge on any atom is -0.299 e. The van der Waals surface area contributed by atoms with Gasteiger partial charge in [0.15, 0.2) is 11.6 Å². The second-order valence-corrected chi connectivity index (χ2v) is 4.81. The monoisotopic (exact) mass is 298 g/mol. The molecule has 0 bridgehead atoms. The molecule has 5 heteroatoms. The van der Waals surface area contributed by atoms with Gasteiger partial charge < -0.3 is 0 Å². The SMILES string of the molecule is O=C(Cc1ccc(F)c(F)c1)Cc1cc(Cl)ccc1F. The van der Waals surface area contributed by atoms with Crippen LogP contribution in [-0.2, 0) is 17.6 Å². The van der Waals surface area contributed by atoms with Crippen molar-refractivity contribution in [1.29, 1.82) is 0 Å². The van der Waals surface area contributed by atoms with Gasteiger partial charge in [-0.3, -0.25) is 4.79 Å². The molecule has 2 rings (SSSR count). The standard InChI is InChI=1S/C15H10ClF3O/c16-11-2-4-13(17)10(7-11)8-12(20)5-9-1-3-14(18)15(19)6-9/h1-4,6-7H,5,8H2. The van der Waals surface area contributed by atoms with Gasteiger partial charge in [-0.25, -0.2) is 13.2 Å². The third kappa shape index (κ3) is 3.61. The molecule has 0 saturated heterocycles. The van der Waals surface area contributed by atoms with Crippen LogP contribution in [0.4, 0.5) is 13.2 Å².